The van der Waals surface area contributed by atoms with E-state index >= 15 is 0 Å². The third-order valence-corrected chi connectivity index (χ3v) is 8.13. The first-order valence-corrected chi connectivity index (χ1v) is 11.6. The quantitative estimate of drug-likeness (QED) is 0.609. The van der Waals surface area contributed by atoms with Gasteiger partial charge in [-0.05, 0) is 48.4 Å². The van der Waals surface area contributed by atoms with Crippen molar-refractivity contribution in [1.82, 2.24) is 9.21 Å². The number of nitrogens with zero attached hydrogens (tertiary/aromatic N) is 2. The van der Waals surface area contributed by atoms with Gasteiger partial charge in [0.25, 0.3) is 0 Å². The van der Waals surface area contributed by atoms with Crippen molar-refractivity contribution in [3.63, 3.8) is 0 Å². The Morgan fingerprint density at radius 2 is 1.77 bits per heavy atom. The Kier molecular flexibility index (Phi) is 7.40. The molecule has 2 heterocycles. The van der Waals surface area contributed by atoms with E-state index in [4.69, 9.17) is 11.6 Å². The molecule has 30 heavy (non-hydrogen) atoms. The standard InChI is InChI=1S/C21H23ClF2N2O2S.ClH/c22-18-10-19(23)20(24)11-21(18)29(27,28)26-8-3-4-15(13-26)12-25-9-7-16-5-1-2-6-17(16)14-25;/h1-2,5-6,10-11,15H,3-4,7-9,12-14H2;1H. The molecule has 1 fully saturated rings. The van der Waals surface area contributed by atoms with Crippen molar-refractivity contribution in [2.75, 3.05) is 26.2 Å². The molecule has 0 aliphatic carbocycles. The molecule has 1 saturated heterocycles. The SMILES string of the molecule is Cl.O=S(=O)(c1cc(F)c(F)cc1Cl)N1CCCC(CN2CCc3ccccc3C2)C1. The van der Waals surface area contributed by atoms with Crippen LogP contribution in [0.15, 0.2) is 41.3 Å². The van der Waals surface area contributed by atoms with Gasteiger partial charge in [-0.2, -0.15) is 4.31 Å². The summed E-state index contributed by atoms with van der Waals surface area (Å²) in [5.41, 5.74) is 2.71. The van der Waals surface area contributed by atoms with Crippen LogP contribution in [0.4, 0.5) is 8.78 Å². The number of benzene rings is 2. The zero-order valence-electron chi connectivity index (χ0n) is 16.4. The lowest BCUT2D eigenvalue weighted by Gasteiger charge is -2.36. The minimum absolute atomic E-state index is 0. The van der Waals surface area contributed by atoms with Crippen LogP contribution in [0.2, 0.25) is 5.02 Å². The summed E-state index contributed by atoms with van der Waals surface area (Å²) in [5.74, 6) is -2.18. The molecule has 4 rings (SSSR count). The van der Waals surface area contributed by atoms with Crippen LogP contribution in [-0.2, 0) is 23.0 Å². The minimum atomic E-state index is -3.98. The molecule has 164 valence electrons. The average Bonchev–Trinajstić information content (AvgIpc) is 2.71. The molecule has 0 N–H and O–H groups in total. The molecule has 0 radical (unpaired) electrons. The van der Waals surface area contributed by atoms with Crippen LogP contribution in [0.5, 0.6) is 0 Å². The van der Waals surface area contributed by atoms with Crippen molar-refractivity contribution in [3.05, 3.63) is 64.2 Å². The highest BCUT2D eigenvalue weighted by Gasteiger charge is 2.33. The van der Waals surface area contributed by atoms with Crippen LogP contribution in [0.1, 0.15) is 24.0 Å². The number of fused-ring (bicyclic) bond motifs is 1. The summed E-state index contributed by atoms with van der Waals surface area (Å²) in [5, 5.41) is -0.293. The summed E-state index contributed by atoms with van der Waals surface area (Å²) < 4.78 is 54.4. The molecule has 2 aliphatic heterocycles. The maximum absolute atomic E-state index is 13.6. The first-order chi connectivity index (χ1) is 13.8. The van der Waals surface area contributed by atoms with E-state index < -0.39 is 21.7 Å². The largest absolute Gasteiger partial charge is 0.298 e. The van der Waals surface area contributed by atoms with E-state index in [0.29, 0.717) is 19.2 Å². The molecule has 0 amide bonds. The van der Waals surface area contributed by atoms with Gasteiger partial charge in [-0.15, -0.1) is 12.4 Å². The van der Waals surface area contributed by atoms with Crippen LogP contribution >= 0.6 is 24.0 Å². The Hall–Kier alpha value is -1.25. The summed E-state index contributed by atoms with van der Waals surface area (Å²) in [6.45, 7) is 3.35. The zero-order valence-corrected chi connectivity index (χ0v) is 18.7. The molecule has 9 heteroatoms. The molecule has 1 unspecified atom stereocenters. The number of sulfonamides is 1. The monoisotopic (exact) mass is 476 g/mol. The molecule has 0 aromatic heterocycles. The highest BCUT2D eigenvalue weighted by Crippen LogP contribution is 2.31. The predicted octanol–water partition coefficient (Wildman–Crippen LogP) is 4.50. The second kappa shape index (κ2) is 9.49. The Balaban J connectivity index is 0.00000256. The summed E-state index contributed by atoms with van der Waals surface area (Å²) in [4.78, 5) is 2.00. The Morgan fingerprint density at radius 1 is 1.07 bits per heavy atom. The molecule has 0 spiro atoms. The van der Waals surface area contributed by atoms with Crippen molar-refractivity contribution in [2.24, 2.45) is 5.92 Å². The Labute approximate surface area is 187 Å². The van der Waals surface area contributed by atoms with E-state index in [2.05, 4.69) is 23.1 Å². The normalized spacial score (nSPS) is 20.4. The van der Waals surface area contributed by atoms with Crippen LogP contribution in [0, 0.1) is 17.6 Å². The summed E-state index contributed by atoms with van der Waals surface area (Å²) >= 11 is 5.92. The maximum Gasteiger partial charge on any atom is 0.244 e. The van der Waals surface area contributed by atoms with Gasteiger partial charge in [-0.3, -0.25) is 4.90 Å². The van der Waals surface area contributed by atoms with Gasteiger partial charge in [0.2, 0.25) is 10.0 Å². The zero-order chi connectivity index (χ0) is 20.6. The topological polar surface area (TPSA) is 40.6 Å². The fraction of sp³-hybridized carbons (Fsp3) is 0.429. The second-order valence-corrected chi connectivity index (χ2v) is 10.1. The molecule has 1 atom stereocenters. The van der Waals surface area contributed by atoms with Gasteiger partial charge < -0.3 is 0 Å². The van der Waals surface area contributed by atoms with Gasteiger partial charge in [0.15, 0.2) is 11.6 Å². The Bertz CT molecular complexity index is 1020. The minimum Gasteiger partial charge on any atom is -0.298 e. The van der Waals surface area contributed by atoms with E-state index in [1.807, 2.05) is 6.07 Å². The van der Waals surface area contributed by atoms with E-state index in [1.54, 1.807) is 0 Å². The molecule has 0 bridgehead atoms. The van der Waals surface area contributed by atoms with Crippen LogP contribution in [-0.4, -0.2) is 43.8 Å². The maximum atomic E-state index is 13.6. The summed E-state index contributed by atoms with van der Waals surface area (Å²) in [7, 11) is -3.98. The Morgan fingerprint density at radius 3 is 2.53 bits per heavy atom. The van der Waals surface area contributed by atoms with E-state index in [9.17, 15) is 17.2 Å². The smallest absolute Gasteiger partial charge is 0.244 e. The highest BCUT2D eigenvalue weighted by molar-refractivity contribution is 7.89. The lowest BCUT2D eigenvalue weighted by Crippen LogP contribution is -2.44. The van der Waals surface area contributed by atoms with Crippen LogP contribution < -0.4 is 0 Å². The van der Waals surface area contributed by atoms with Gasteiger partial charge in [-0.25, -0.2) is 17.2 Å². The first kappa shape index (κ1) is 23.4. The second-order valence-electron chi connectivity index (χ2n) is 7.82. The van der Waals surface area contributed by atoms with Gasteiger partial charge in [-0.1, -0.05) is 35.9 Å². The van der Waals surface area contributed by atoms with Gasteiger partial charge in [0, 0.05) is 32.7 Å². The molecule has 2 aromatic carbocycles. The van der Waals surface area contributed by atoms with Gasteiger partial charge in [0.05, 0.1) is 5.02 Å². The first-order valence-electron chi connectivity index (χ1n) is 9.78. The fourth-order valence-corrected chi connectivity index (χ4v) is 6.37. The third kappa shape index (κ3) is 4.81. The van der Waals surface area contributed by atoms with Gasteiger partial charge >= 0.3 is 0 Å². The lowest BCUT2D eigenvalue weighted by atomic mass is 9.95. The van der Waals surface area contributed by atoms with E-state index in [1.165, 1.54) is 15.4 Å². The highest BCUT2D eigenvalue weighted by atomic mass is 35.5. The molecule has 2 aliphatic rings. The molecular formula is C21H24Cl2F2N2O2S. The number of rotatable bonds is 4. The van der Waals surface area contributed by atoms with Crippen LogP contribution in [0.3, 0.4) is 0 Å². The average molecular weight is 477 g/mol. The van der Waals surface area contributed by atoms with Gasteiger partial charge in [0.1, 0.15) is 4.90 Å². The molecule has 0 saturated carbocycles. The number of hydrogen-bond donors (Lipinski definition) is 0. The van der Waals surface area contributed by atoms with Crippen molar-refractivity contribution < 1.29 is 17.2 Å². The third-order valence-electron chi connectivity index (χ3n) is 5.80. The van der Waals surface area contributed by atoms with E-state index in [0.717, 1.165) is 45.0 Å². The van der Waals surface area contributed by atoms with E-state index in [-0.39, 0.29) is 28.2 Å². The van der Waals surface area contributed by atoms with Crippen molar-refractivity contribution >= 4 is 34.0 Å². The molecule has 2 aromatic rings. The number of piperidine rings is 1. The molecular weight excluding hydrogens is 453 g/mol. The summed E-state index contributed by atoms with van der Waals surface area (Å²) in [6.07, 6.45) is 2.67. The molecule has 4 nitrogen and oxygen atoms in total. The summed E-state index contributed by atoms with van der Waals surface area (Å²) in [6, 6.07) is 9.80. The van der Waals surface area contributed by atoms with Crippen molar-refractivity contribution in [2.45, 2.75) is 30.7 Å². The number of hydrogen-bond acceptors (Lipinski definition) is 3. The van der Waals surface area contributed by atoms with Crippen LogP contribution in [0.25, 0.3) is 0 Å². The fourth-order valence-electron chi connectivity index (χ4n) is 4.31. The number of halogens is 4. The predicted molar refractivity (Wildman–Crippen MR) is 116 cm³/mol. The van der Waals surface area contributed by atoms with Crippen molar-refractivity contribution in [3.8, 4) is 0 Å². The van der Waals surface area contributed by atoms with Crippen molar-refractivity contribution in [1.29, 1.82) is 0 Å². The lowest BCUT2D eigenvalue weighted by molar-refractivity contribution is 0.167.